The lowest BCUT2D eigenvalue weighted by molar-refractivity contribution is -0.140. The van der Waals surface area contributed by atoms with E-state index in [2.05, 4.69) is 15.7 Å². The predicted octanol–water partition coefficient (Wildman–Crippen LogP) is 1.85. The normalized spacial score (nSPS) is 10.7. The third-order valence-corrected chi connectivity index (χ3v) is 4.48. The van der Waals surface area contributed by atoms with E-state index in [1.807, 2.05) is 27.7 Å². The van der Waals surface area contributed by atoms with Crippen LogP contribution in [0.5, 0.6) is 0 Å². The number of carbonyl (C=O) groups excluding carboxylic acids is 3. The molecule has 0 aliphatic carbocycles. The molecule has 0 bridgehead atoms. The third-order valence-electron chi connectivity index (χ3n) is 4.48. The molecule has 2 N–H and O–H groups in total. The van der Waals surface area contributed by atoms with Crippen molar-refractivity contribution >= 4 is 17.8 Å². The largest absolute Gasteiger partial charge is 0.469 e. The second-order valence-corrected chi connectivity index (χ2v) is 7.09. The van der Waals surface area contributed by atoms with Gasteiger partial charge in [0.25, 0.3) is 5.91 Å². The molecule has 2 aromatic rings. The Balaban J connectivity index is 2.07. The van der Waals surface area contributed by atoms with Crippen molar-refractivity contribution in [3.8, 4) is 5.69 Å². The van der Waals surface area contributed by atoms with Crippen LogP contribution in [0.4, 0.5) is 0 Å². The Morgan fingerprint density at radius 1 is 1.14 bits per heavy atom. The number of aromatic nitrogens is 2. The number of rotatable bonds is 8. The van der Waals surface area contributed by atoms with Gasteiger partial charge in [0.15, 0.2) is 0 Å². The summed E-state index contributed by atoms with van der Waals surface area (Å²) >= 11 is 0. The lowest BCUT2D eigenvalue weighted by Gasteiger charge is -2.10. The highest BCUT2D eigenvalue weighted by atomic mass is 16.5. The van der Waals surface area contributed by atoms with Gasteiger partial charge >= 0.3 is 5.97 Å². The van der Waals surface area contributed by atoms with Crippen molar-refractivity contribution in [3.05, 3.63) is 46.8 Å². The minimum atomic E-state index is -0.317. The Hall–Kier alpha value is -3.16. The van der Waals surface area contributed by atoms with Crippen molar-refractivity contribution in [1.29, 1.82) is 0 Å². The number of aryl methyl sites for hydroxylation is 1. The lowest BCUT2D eigenvalue weighted by Crippen LogP contribution is -2.39. The molecule has 2 rings (SSSR count). The minimum Gasteiger partial charge on any atom is -0.469 e. The van der Waals surface area contributed by atoms with Gasteiger partial charge in [-0.25, -0.2) is 4.68 Å². The summed E-state index contributed by atoms with van der Waals surface area (Å²) in [5.41, 5.74) is 4.06. The van der Waals surface area contributed by atoms with E-state index in [4.69, 9.17) is 4.74 Å². The average Bonchev–Trinajstić information content (AvgIpc) is 2.97. The van der Waals surface area contributed by atoms with Gasteiger partial charge in [0.1, 0.15) is 0 Å². The average molecular weight is 400 g/mol. The second kappa shape index (κ2) is 9.86. The zero-order valence-corrected chi connectivity index (χ0v) is 17.5. The number of ether oxygens (including phenoxy) is 1. The fourth-order valence-electron chi connectivity index (χ4n) is 3.01. The first-order valence-electron chi connectivity index (χ1n) is 9.52. The number of carbonyl (C=O) groups is 3. The molecule has 1 aromatic heterocycles. The number of benzene rings is 1. The monoisotopic (exact) mass is 400 g/mol. The van der Waals surface area contributed by atoms with Gasteiger partial charge in [-0.05, 0) is 63.9 Å². The van der Waals surface area contributed by atoms with E-state index in [0.29, 0.717) is 18.4 Å². The van der Waals surface area contributed by atoms with Crippen LogP contribution in [0.1, 0.15) is 47.6 Å². The van der Waals surface area contributed by atoms with Crippen LogP contribution < -0.4 is 10.6 Å². The number of hydrogen-bond donors (Lipinski definition) is 2. The molecule has 0 fully saturated rings. The lowest BCUT2D eigenvalue weighted by atomic mass is 10.1. The van der Waals surface area contributed by atoms with Crippen molar-refractivity contribution in [3.63, 3.8) is 0 Å². The summed E-state index contributed by atoms with van der Waals surface area (Å²) in [6, 6.07) is 7.00. The van der Waals surface area contributed by atoms with Crippen LogP contribution in [0, 0.1) is 13.8 Å². The van der Waals surface area contributed by atoms with Crippen molar-refractivity contribution in [2.24, 2.45) is 0 Å². The number of methoxy groups -OCH3 is 1. The summed E-state index contributed by atoms with van der Waals surface area (Å²) in [5.74, 6) is -0.802. The molecule has 8 heteroatoms. The number of nitrogens with one attached hydrogen (secondary N) is 2. The number of amides is 2. The van der Waals surface area contributed by atoms with Crippen LogP contribution in [-0.4, -0.2) is 47.3 Å². The Kier molecular flexibility index (Phi) is 7.52. The van der Waals surface area contributed by atoms with Crippen LogP contribution in [0.3, 0.4) is 0 Å². The number of esters is 1. The minimum absolute atomic E-state index is 0.0250. The van der Waals surface area contributed by atoms with Gasteiger partial charge in [-0.2, -0.15) is 5.10 Å². The van der Waals surface area contributed by atoms with Crippen LogP contribution in [0.25, 0.3) is 5.69 Å². The fraction of sp³-hybridized carbons (Fsp3) is 0.429. The molecule has 0 aliphatic heterocycles. The summed E-state index contributed by atoms with van der Waals surface area (Å²) in [6.45, 7) is 7.50. The van der Waals surface area contributed by atoms with Crippen molar-refractivity contribution in [1.82, 2.24) is 20.4 Å². The molecule has 0 unspecified atom stereocenters. The van der Waals surface area contributed by atoms with Crippen LogP contribution in [-0.2, 0) is 20.7 Å². The van der Waals surface area contributed by atoms with E-state index in [1.54, 1.807) is 28.9 Å². The molecule has 8 nitrogen and oxygen atoms in total. The molecule has 1 heterocycles. The Morgan fingerprint density at radius 3 is 2.38 bits per heavy atom. The van der Waals surface area contributed by atoms with Gasteiger partial charge in [0.05, 0.1) is 25.0 Å². The van der Waals surface area contributed by atoms with Crippen LogP contribution >= 0.6 is 0 Å². The van der Waals surface area contributed by atoms with Crippen molar-refractivity contribution < 1.29 is 19.1 Å². The zero-order valence-electron chi connectivity index (χ0n) is 17.5. The molecule has 29 heavy (non-hydrogen) atoms. The molecular formula is C21H28N4O4. The summed E-state index contributed by atoms with van der Waals surface area (Å²) in [4.78, 5) is 35.3. The molecular weight excluding hydrogens is 372 g/mol. The Bertz CT molecular complexity index is 885. The molecule has 0 saturated heterocycles. The smallest absolute Gasteiger partial charge is 0.305 e. The van der Waals surface area contributed by atoms with E-state index in [9.17, 15) is 14.4 Å². The zero-order chi connectivity index (χ0) is 21.6. The first-order chi connectivity index (χ1) is 13.7. The maximum absolute atomic E-state index is 12.2. The molecule has 0 radical (unpaired) electrons. The first kappa shape index (κ1) is 22.1. The molecule has 0 atom stereocenters. The van der Waals surface area contributed by atoms with E-state index in [-0.39, 0.29) is 30.4 Å². The standard InChI is InChI=1S/C21H28N4O4/c1-13(2)23-19(26)12-22-21(28)16-6-8-17(9-7-16)25-15(4)18(14(3)24-25)10-11-20(27)29-5/h6-9,13H,10-12H2,1-5H3,(H,22,28)(H,23,26). The van der Waals surface area contributed by atoms with Crippen molar-refractivity contribution in [2.45, 2.75) is 46.6 Å². The molecule has 156 valence electrons. The van der Waals surface area contributed by atoms with Gasteiger partial charge < -0.3 is 15.4 Å². The summed E-state index contributed by atoms with van der Waals surface area (Å²) < 4.78 is 6.49. The molecule has 0 aliphatic rings. The maximum Gasteiger partial charge on any atom is 0.305 e. The van der Waals surface area contributed by atoms with E-state index >= 15 is 0 Å². The Morgan fingerprint density at radius 2 is 1.79 bits per heavy atom. The summed E-state index contributed by atoms with van der Waals surface area (Å²) in [7, 11) is 1.37. The number of nitrogens with zero attached hydrogens (tertiary/aromatic N) is 2. The third kappa shape index (κ3) is 5.91. The van der Waals surface area contributed by atoms with Crippen LogP contribution in [0.2, 0.25) is 0 Å². The number of hydrogen-bond acceptors (Lipinski definition) is 5. The molecule has 2 amide bonds. The van der Waals surface area contributed by atoms with Gasteiger partial charge in [0.2, 0.25) is 5.91 Å². The van der Waals surface area contributed by atoms with Gasteiger partial charge in [-0.1, -0.05) is 0 Å². The van der Waals surface area contributed by atoms with Gasteiger partial charge in [-0.15, -0.1) is 0 Å². The van der Waals surface area contributed by atoms with Gasteiger partial charge in [0, 0.05) is 23.7 Å². The topological polar surface area (TPSA) is 102 Å². The molecule has 0 spiro atoms. The highest BCUT2D eigenvalue weighted by Crippen LogP contribution is 2.20. The van der Waals surface area contributed by atoms with Crippen molar-refractivity contribution in [2.75, 3.05) is 13.7 Å². The van der Waals surface area contributed by atoms with E-state index < -0.39 is 0 Å². The second-order valence-electron chi connectivity index (χ2n) is 7.09. The molecule has 0 saturated carbocycles. The van der Waals surface area contributed by atoms with Crippen LogP contribution in [0.15, 0.2) is 24.3 Å². The maximum atomic E-state index is 12.2. The fourth-order valence-corrected chi connectivity index (χ4v) is 3.01. The summed E-state index contributed by atoms with van der Waals surface area (Å²) in [6.07, 6.45) is 0.858. The summed E-state index contributed by atoms with van der Waals surface area (Å²) in [5, 5.41) is 9.88. The molecule has 1 aromatic carbocycles. The highest BCUT2D eigenvalue weighted by Gasteiger charge is 2.15. The van der Waals surface area contributed by atoms with E-state index in [1.165, 1.54) is 7.11 Å². The predicted molar refractivity (Wildman–Crippen MR) is 109 cm³/mol. The SMILES string of the molecule is COC(=O)CCc1c(C)nn(-c2ccc(C(=O)NCC(=O)NC(C)C)cc2)c1C. The van der Waals surface area contributed by atoms with Gasteiger partial charge in [-0.3, -0.25) is 14.4 Å². The Labute approximate surface area is 170 Å². The first-order valence-corrected chi connectivity index (χ1v) is 9.52. The van der Waals surface area contributed by atoms with E-state index in [0.717, 1.165) is 22.6 Å². The quantitative estimate of drug-likeness (QED) is 0.659. The highest BCUT2D eigenvalue weighted by molar-refractivity contribution is 5.96.